The molecule has 0 aliphatic carbocycles. The van der Waals surface area contributed by atoms with Crippen LogP contribution in [0.5, 0.6) is 0 Å². The molecule has 1 heterocycles. The highest BCUT2D eigenvalue weighted by molar-refractivity contribution is 5.32. The lowest BCUT2D eigenvalue weighted by Crippen LogP contribution is -1.94. The van der Waals surface area contributed by atoms with Crippen LogP contribution in [0.3, 0.4) is 0 Å². The molecule has 0 unspecified atom stereocenters. The summed E-state index contributed by atoms with van der Waals surface area (Å²) in [5.41, 5.74) is 1.68. The molecule has 0 bridgehead atoms. The smallest absolute Gasteiger partial charge is 0.101 e. The molecule has 1 rings (SSSR count). The Labute approximate surface area is 92.0 Å². The molecule has 1 aromatic rings. The summed E-state index contributed by atoms with van der Waals surface area (Å²) < 4.78 is 0. The third kappa shape index (κ3) is 4.12. The second kappa shape index (κ2) is 7.00. The van der Waals surface area contributed by atoms with Crippen LogP contribution in [-0.2, 0) is 6.42 Å². The number of hydrogen-bond acceptors (Lipinski definition) is 2. The molecule has 0 amide bonds. The van der Waals surface area contributed by atoms with Crippen LogP contribution in [0.15, 0.2) is 18.3 Å². The van der Waals surface area contributed by atoms with Gasteiger partial charge in [-0.15, -0.1) is 0 Å². The van der Waals surface area contributed by atoms with Crippen LogP contribution in [-0.4, -0.2) is 4.98 Å². The molecule has 0 aliphatic heterocycles. The Hall–Kier alpha value is -1.36. The van der Waals surface area contributed by atoms with Crippen molar-refractivity contribution in [2.75, 3.05) is 0 Å². The number of aryl methyl sites for hydroxylation is 1. The number of nitrogens with zero attached hydrogens (tertiary/aromatic N) is 2. The molecule has 1 aromatic heterocycles. The Morgan fingerprint density at radius 1 is 1.27 bits per heavy atom. The summed E-state index contributed by atoms with van der Waals surface area (Å²) in [6.07, 6.45) is 8.97. The Morgan fingerprint density at radius 2 is 2.07 bits per heavy atom. The van der Waals surface area contributed by atoms with E-state index in [9.17, 15) is 0 Å². The van der Waals surface area contributed by atoms with Gasteiger partial charge in [-0.3, -0.25) is 4.98 Å². The normalized spacial score (nSPS) is 9.87. The minimum atomic E-state index is 0.730. The quantitative estimate of drug-likeness (QED) is 0.662. The van der Waals surface area contributed by atoms with Gasteiger partial charge in [-0.1, -0.05) is 32.6 Å². The van der Waals surface area contributed by atoms with E-state index in [1.54, 1.807) is 6.20 Å². The minimum absolute atomic E-state index is 0.730. The first-order chi connectivity index (χ1) is 7.38. The van der Waals surface area contributed by atoms with E-state index in [0.717, 1.165) is 24.1 Å². The molecule has 0 saturated heterocycles. The topological polar surface area (TPSA) is 36.7 Å². The van der Waals surface area contributed by atoms with Crippen LogP contribution in [0.1, 0.15) is 50.3 Å². The van der Waals surface area contributed by atoms with Crippen LogP contribution in [0, 0.1) is 11.3 Å². The maximum atomic E-state index is 8.87. The lowest BCUT2D eigenvalue weighted by atomic mass is 10.1. The summed E-state index contributed by atoms with van der Waals surface area (Å²) in [5, 5.41) is 8.87. The van der Waals surface area contributed by atoms with Gasteiger partial charge in [0.25, 0.3) is 0 Å². The molecule has 0 aliphatic rings. The standard InChI is InChI=1S/C13H18N2/c1-2-3-4-5-6-9-13-12(11-14)8-7-10-15-13/h7-8,10H,2-6,9H2,1H3. The van der Waals surface area contributed by atoms with E-state index in [2.05, 4.69) is 18.0 Å². The Kier molecular flexibility index (Phi) is 5.47. The van der Waals surface area contributed by atoms with Gasteiger partial charge in [-0.05, 0) is 25.0 Å². The zero-order valence-electron chi connectivity index (χ0n) is 9.37. The molecule has 0 fully saturated rings. The van der Waals surface area contributed by atoms with Crippen molar-refractivity contribution >= 4 is 0 Å². The van der Waals surface area contributed by atoms with E-state index in [1.807, 2.05) is 12.1 Å². The zero-order chi connectivity index (χ0) is 10.9. The van der Waals surface area contributed by atoms with Gasteiger partial charge in [-0.25, -0.2) is 0 Å². The van der Waals surface area contributed by atoms with E-state index in [0.29, 0.717) is 0 Å². The first kappa shape index (κ1) is 11.7. The highest BCUT2D eigenvalue weighted by atomic mass is 14.7. The Bertz CT molecular complexity index is 326. The van der Waals surface area contributed by atoms with Crippen LogP contribution >= 0.6 is 0 Å². The van der Waals surface area contributed by atoms with Crippen molar-refractivity contribution in [3.63, 3.8) is 0 Å². The Balaban J connectivity index is 2.34. The monoisotopic (exact) mass is 202 g/mol. The molecule has 2 nitrogen and oxygen atoms in total. The fourth-order valence-electron chi connectivity index (χ4n) is 1.64. The van der Waals surface area contributed by atoms with Gasteiger partial charge < -0.3 is 0 Å². The number of nitriles is 1. The highest BCUT2D eigenvalue weighted by Gasteiger charge is 2.01. The number of pyridine rings is 1. The van der Waals surface area contributed by atoms with Crippen molar-refractivity contribution in [2.45, 2.75) is 45.4 Å². The SMILES string of the molecule is CCCCCCCc1ncccc1C#N. The van der Waals surface area contributed by atoms with Gasteiger partial charge in [-0.2, -0.15) is 5.26 Å². The fourth-order valence-corrected chi connectivity index (χ4v) is 1.64. The molecule has 2 heteroatoms. The molecule has 15 heavy (non-hydrogen) atoms. The first-order valence-electron chi connectivity index (χ1n) is 5.72. The summed E-state index contributed by atoms with van der Waals surface area (Å²) in [6.45, 7) is 2.21. The van der Waals surface area contributed by atoms with Crippen molar-refractivity contribution in [2.24, 2.45) is 0 Å². The van der Waals surface area contributed by atoms with Crippen molar-refractivity contribution < 1.29 is 0 Å². The second-order valence-electron chi connectivity index (χ2n) is 3.77. The predicted octanol–water partition coefficient (Wildman–Crippen LogP) is 3.47. The first-order valence-corrected chi connectivity index (χ1v) is 5.72. The van der Waals surface area contributed by atoms with Gasteiger partial charge in [0.2, 0.25) is 0 Å². The summed E-state index contributed by atoms with van der Waals surface area (Å²) >= 11 is 0. The Morgan fingerprint density at radius 3 is 2.80 bits per heavy atom. The van der Waals surface area contributed by atoms with Crippen molar-refractivity contribution in [1.82, 2.24) is 4.98 Å². The fraction of sp³-hybridized carbons (Fsp3) is 0.538. The van der Waals surface area contributed by atoms with E-state index in [4.69, 9.17) is 5.26 Å². The lowest BCUT2D eigenvalue weighted by Gasteiger charge is -2.02. The molecule has 0 radical (unpaired) electrons. The summed E-state index contributed by atoms with van der Waals surface area (Å²) in [7, 11) is 0. The van der Waals surface area contributed by atoms with E-state index in [-0.39, 0.29) is 0 Å². The maximum absolute atomic E-state index is 8.87. The molecular weight excluding hydrogens is 184 g/mol. The van der Waals surface area contributed by atoms with Crippen LogP contribution in [0.4, 0.5) is 0 Å². The molecule has 0 atom stereocenters. The summed E-state index contributed by atoms with van der Waals surface area (Å²) in [6, 6.07) is 5.85. The van der Waals surface area contributed by atoms with Crippen LogP contribution < -0.4 is 0 Å². The van der Waals surface area contributed by atoms with Gasteiger partial charge in [0.1, 0.15) is 6.07 Å². The van der Waals surface area contributed by atoms with Gasteiger partial charge in [0.15, 0.2) is 0 Å². The largest absolute Gasteiger partial charge is 0.260 e. The van der Waals surface area contributed by atoms with Crippen molar-refractivity contribution in [3.05, 3.63) is 29.6 Å². The molecular formula is C13H18N2. The highest BCUT2D eigenvalue weighted by Crippen LogP contribution is 2.10. The summed E-state index contributed by atoms with van der Waals surface area (Å²) in [5.74, 6) is 0. The number of aromatic nitrogens is 1. The zero-order valence-corrected chi connectivity index (χ0v) is 9.37. The van der Waals surface area contributed by atoms with Crippen LogP contribution in [0.25, 0.3) is 0 Å². The van der Waals surface area contributed by atoms with E-state index < -0.39 is 0 Å². The number of rotatable bonds is 6. The van der Waals surface area contributed by atoms with Gasteiger partial charge >= 0.3 is 0 Å². The molecule has 0 N–H and O–H groups in total. The third-order valence-electron chi connectivity index (χ3n) is 2.53. The van der Waals surface area contributed by atoms with Crippen molar-refractivity contribution in [1.29, 1.82) is 5.26 Å². The third-order valence-corrected chi connectivity index (χ3v) is 2.53. The molecule has 0 spiro atoms. The van der Waals surface area contributed by atoms with Gasteiger partial charge in [0, 0.05) is 6.20 Å². The number of unbranched alkanes of at least 4 members (excludes halogenated alkanes) is 4. The molecule has 0 aromatic carbocycles. The maximum Gasteiger partial charge on any atom is 0.101 e. The molecule has 0 saturated carbocycles. The average Bonchev–Trinajstić information content (AvgIpc) is 2.29. The minimum Gasteiger partial charge on any atom is -0.260 e. The lowest BCUT2D eigenvalue weighted by molar-refractivity contribution is 0.628. The predicted molar refractivity (Wildman–Crippen MR) is 61.4 cm³/mol. The van der Waals surface area contributed by atoms with Gasteiger partial charge in [0.05, 0.1) is 11.3 Å². The van der Waals surface area contributed by atoms with Crippen molar-refractivity contribution in [3.8, 4) is 6.07 Å². The van der Waals surface area contributed by atoms with Crippen LogP contribution in [0.2, 0.25) is 0 Å². The van der Waals surface area contributed by atoms with E-state index in [1.165, 1.54) is 25.7 Å². The average molecular weight is 202 g/mol. The van der Waals surface area contributed by atoms with E-state index >= 15 is 0 Å². The summed E-state index contributed by atoms with van der Waals surface area (Å²) in [4.78, 5) is 4.24. The molecule has 80 valence electrons. The number of hydrogen-bond donors (Lipinski definition) is 0. The second-order valence-corrected chi connectivity index (χ2v) is 3.77.